The van der Waals surface area contributed by atoms with E-state index in [-0.39, 0.29) is 16.8 Å². The minimum absolute atomic E-state index is 0.0822. The van der Waals surface area contributed by atoms with E-state index in [9.17, 15) is 22.4 Å². The number of aryl methyl sites for hydroxylation is 1. The summed E-state index contributed by atoms with van der Waals surface area (Å²) in [6.45, 7) is 1.71. The molecule has 0 atom stereocenters. The second-order valence-electron chi connectivity index (χ2n) is 5.46. The van der Waals surface area contributed by atoms with Crippen molar-refractivity contribution in [3.8, 4) is 11.3 Å². The minimum atomic E-state index is -4.63. The molecule has 0 saturated heterocycles. The van der Waals surface area contributed by atoms with E-state index >= 15 is 0 Å². The summed E-state index contributed by atoms with van der Waals surface area (Å²) in [7, 11) is 1.61. The van der Waals surface area contributed by atoms with Gasteiger partial charge in [0.1, 0.15) is 5.82 Å². The van der Waals surface area contributed by atoms with Gasteiger partial charge in [0.2, 0.25) is 0 Å². The van der Waals surface area contributed by atoms with Crippen LogP contribution >= 0.6 is 0 Å². The van der Waals surface area contributed by atoms with Gasteiger partial charge < -0.3 is 4.57 Å². The molecule has 0 spiro atoms. The van der Waals surface area contributed by atoms with E-state index < -0.39 is 17.6 Å². The van der Waals surface area contributed by atoms with Crippen LogP contribution in [0.5, 0.6) is 0 Å². The summed E-state index contributed by atoms with van der Waals surface area (Å²) in [5.41, 5.74) is -0.660. The molecule has 0 aliphatic rings. The molecular weight excluding hydrogens is 324 g/mol. The van der Waals surface area contributed by atoms with Gasteiger partial charge >= 0.3 is 6.18 Å². The van der Waals surface area contributed by atoms with Crippen LogP contribution < -0.4 is 5.56 Å². The number of aromatic nitrogens is 2. The summed E-state index contributed by atoms with van der Waals surface area (Å²) < 4.78 is 53.7. The minimum Gasteiger partial charge on any atom is -0.315 e. The quantitative estimate of drug-likeness (QED) is 0.628. The Balaban J connectivity index is 2.30. The number of fused-ring (bicyclic) bond motifs is 1. The molecule has 2 heterocycles. The third-order valence-corrected chi connectivity index (χ3v) is 3.96. The second-order valence-corrected chi connectivity index (χ2v) is 5.46. The van der Waals surface area contributed by atoms with Crippen LogP contribution in [0.3, 0.4) is 0 Å². The van der Waals surface area contributed by atoms with Gasteiger partial charge in [0.05, 0.1) is 16.6 Å². The predicted molar refractivity (Wildman–Crippen MR) is 82.1 cm³/mol. The van der Waals surface area contributed by atoms with Gasteiger partial charge in [-0.05, 0) is 37.3 Å². The van der Waals surface area contributed by atoms with Crippen molar-refractivity contribution in [2.24, 2.45) is 7.05 Å². The number of nitrogens with zero attached hydrogens (tertiary/aromatic N) is 2. The number of rotatable bonds is 1. The Kier molecular flexibility index (Phi) is 3.66. The van der Waals surface area contributed by atoms with Crippen molar-refractivity contribution >= 4 is 10.8 Å². The van der Waals surface area contributed by atoms with Gasteiger partial charge in [-0.3, -0.25) is 9.78 Å². The van der Waals surface area contributed by atoms with E-state index in [0.717, 1.165) is 12.1 Å². The molecule has 124 valence electrons. The SMILES string of the molecule is Cc1cc2c(-c3ccc(C(F)(F)F)cc3F)nccc2c(=O)n1C. The highest BCUT2D eigenvalue weighted by atomic mass is 19.4. The lowest BCUT2D eigenvalue weighted by atomic mass is 10.0. The van der Waals surface area contributed by atoms with Crippen LogP contribution in [-0.2, 0) is 13.2 Å². The first-order chi connectivity index (χ1) is 11.2. The molecule has 0 aliphatic carbocycles. The van der Waals surface area contributed by atoms with Gasteiger partial charge in [-0.25, -0.2) is 4.39 Å². The summed E-state index contributed by atoms with van der Waals surface area (Å²) in [4.78, 5) is 16.4. The fourth-order valence-corrected chi connectivity index (χ4v) is 2.55. The maximum absolute atomic E-state index is 14.3. The van der Waals surface area contributed by atoms with Crippen molar-refractivity contribution in [3.05, 3.63) is 64.0 Å². The van der Waals surface area contributed by atoms with Crippen LogP contribution in [0.1, 0.15) is 11.3 Å². The summed E-state index contributed by atoms with van der Waals surface area (Å²) >= 11 is 0. The average molecular weight is 336 g/mol. The smallest absolute Gasteiger partial charge is 0.315 e. The maximum atomic E-state index is 14.3. The molecule has 0 bridgehead atoms. The Morgan fingerprint density at radius 3 is 2.42 bits per heavy atom. The van der Waals surface area contributed by atoms with Crippen LogP contribution in [0.2, 0.25) is 0 Å². The molecule has 0 aliphatic heterocycles. The molecule has 0 unspecified atom stereocenters. The van der Waals surface area contributed by atoms with Gasteiger partial charge in [0.25, 0.3) is 5.56 Å². The van der Waals surface area contributed by atoms with Crippen LogP contribution in [0, 0.1) is 12.7 Å². The van der Waals surface area contributed by atoms with Crippen LogP contribution in [-0.4, -0.2) is 9.55 Å². The summed E-state index contributed by atoms with van der Waals surface area (Å²) in [6.07, 6.45) is -3.29. The van der Waals surface area contributed by atoms with E-state index in [1.165, 1.54) is 16.8 Å². The number of alkyl halides is 3. The lowest BCUT2D eigenvalue weighted by Gasteiger charge is -2.12. The zero-order valence-corrected chi connectivity index (χ0v) is 12.8. The van der Waals surface area contributed by atoms with Crippen molar-refractivity contribution in [2.45, 2.75) is 13.1 Å². The molecular formula is C17H12F4N2O. The first-order valence-corrected chi connectivity index (χ1v) is 7.02. The molecule has 0 saturated carbocycles. The summed E-state index contributed by atoms with van der Waals surface area (Å²) in [5, 5.41) is 0.726. The number of hydrogen-bond acceptors (Lipinski definition) is 2. The van der Waals surface area contributed by atoms with Gasteiger partial charge in [-0.1, -0.05) is 0 Å². The van der Waals surface area contributed by atoms with E-state index in [2.05, 4.69) is 4.98 Å². The van der Waals surface area contributed by atoms with Gasteiger partial charge in [0, 0.05) is 29.9 Å². The van der Waals surface area contributed by atoms with Crippen LogP contribution in [0.4, 0.5) is 17.6 Å². The molecule has 1 aromatic carbocycles. The van der Waals surface area contributed by atoms with E-state index in [1.807, 2.05) is 0 Å². The van der Waals surface area contributed by atoms with Crippen molar-refractivity contribution in [1.82, 2.24) is 9.55 Å². The topological polar surface area (TPSA) is 34.9 Å². The Bertz CT molecular complexity index is 1010. The molecule has 3 nitrogen and oxygen atoms in total. The number of halogens is 4. The molecule has 0 fully saturated rings. The van der Waals surface area contributed by atoms with Crippen LogP contribution in [0.15, 0.2) is 41.3 Å². The molecule has 0 amide bonds. The number of pyridine rings is 2. The Hall–Kier alpha value is -2.70. The van der Waals surface area contributed by atoms with Gasteiger partial charge in [0.15, 0.2) is 0 Å². The zero-order chi connectivity index (χ0) is 17.6. The fourth-order valence-electron chi connectivity index (χ4n) is 2.55. The highest BCUT2D eigenvalue weighted by Gasteiger charge is 2.31. The van der Waals surface area contributed by atoms with Crippen molar-refractivity contribution in [2.75, 3.05) is 0 Å². The molecule has 0 N–H and O–H groups in total. The highest BCUT2D eigenvalue weighted by Crippen LogP contribution is 2.34. The second kappa shape index (κ2) is 5.43. The molecule has 24 heavy (non-hydrogen) atoms. The number of hydrogen-bond donors (Lipinski definition) is 0. The first-order valence-electron chi connectivity index (χ1n) is 7.02. The maximum Gasteiger partial charge on any atom is 0.416 e. The third kappa shape index (κ3) is 2.55. The lowest BCUT2D eigenvalue weighted by molar-refractivity contribution is -0.137. The van der Waals surface area contributed by atoms with E-state index in [1.54, 1.807) is 20.0 Å². The van der Waals surface area contributed by atoms with E-state index in [0.29, 0.717) is 22.5 Å². The van der Waals surface area contributed by atoms with Crippen LogP contribution in [0.25, 0.3) is 22.0 Å². The van der Waals surface area contributed by atoms with Gasteiger partial charge in [-0.15, -0.1) is 0 Å². The standard InChI is InChI=1S/C17H12F4N2O/c1-9-7-13-11(16(24)23(9)2)5-6-22-15(13)12-4-3-10(8-14(12)18)17(19,20)21/h3-8H,1-2H3. The Morgan fingerprint density at radius 2 is 1.79 bits per heavy atom. The third-order valence-electron chi connectivity index (χ3n) is 3.96. The molecule has 2 aromatic heterocycles. The monoisotopic (exact) mass is 336 g/mol. The van der Waals surface area contributed by atoms with Crippen molar-refractivity contribution < 1.29 is 17.6 Å². The highest BCUT2D eigenvalue weighted by molar-refractivity contribution is 5.94. The van der Waals surface area contributed by atoms with Crippen molar-refractivity contribution in [3.63, 3.8) is 0 Å². The molecule has 3 rings (SSSR count). The molecule has 0 radical (unpaired) electrons. The van der Waals surface area contributed by atoms with E-state index in [4.69, 9.17) is 0 Å². The Morgan fingerprint density at radius 1 is 1.08 bits per heavy atom. The summed E-state index contributed by atoms with van der Waals surface area (Å²) in [5.74, 6) is -1.04. The average Bonchev–Trinajstić information content (AvgIpc) is 2.51. The number of benzene rings is 1. The molecule has 7 heteroatoms. The first kappa shape index (κ1) is 16.2. The normalized spacial score (nSPS) is 11.9. The fraction of sp³-hybridized carbons (Fsp3) is 0.176. The predicted octanol–water partition coefficient (Wildman–Crippen LogP) is 4.07. The summed E-state index contributed by atoms with van der Waals surface area (Å²) in [6, 6.07) is 5.43. The van der Waals surface area contributed by atoms with Gasteiger partial charge in [-0.2, -0.15) is 13.2 Å². The Labute approximate surface area is 134 Å². The molecule has 3 aromatic rings. The van der Waals surface area contributed by atoms with Crippen molar-refractivity contribution in [1.29, 1.82) is 0 Å². The largest absolute Gasteiger partial charge is 0.416 e. The lowest BCUT2D eigenvalue weighted by Crippen LogP contribution is -2.19. The zero-order valence-electron chi connectivity index (χ0n) is 12.8.